The van der Waals surface area contributed by atoms with Crippen LogP contribution in [0.4, 0.5) is 23.7 Å². The maximum absolute atomic E-state index is 12.6. The number of nitrogens with zero attached hydrogens (tertiary/aromatic N) is 1. The van der Waals surface area contributed by atoms with Crippen molar-refractivity contribution in [3.05, 3.63) is 51.6 Å². The molecule has 1 saturated heterocycles. The Morgan fingerprint density at radius 2 is 1.79 bits per heavy atom. The SMILES string of the molecule is COc1ccc(C23CCC(NC(=O)Nc4cccc(I)c4)CC2N(C)CC3)cc1OC.O=C(O)C(F)(F)F. The van der Waals surface area contributed by atoms with Gasteiger partial charge in [0, 0.05) is 26.8 Å². The standard InChI is InChI=1S/C24H30IN3O3.C2HF3O2/c1-28-12-11-24(16-7-8-20(30-2)21(13-16)31-3)10-9-19(15-22(24)28)27-23(29)26-18-6-4-5-17(25)14-18;3-2(4,5)1(6)7/h4-8,13-14,19,22H,9-12,15H2,1-3H3,(H2,26,27,29);(H,6,7). The van der Waals surface area contributed by atoms with Gasteiger partial charge in [0.05, 0.1) is 14.2 Å². The molecular formula is C26H31F3IN3O5. The molecular weight excluding hydrogens is 618 g/mol. The van der Waals surface area contributed by atoms with E-state index < -0.39 is 12.1 Å². The molecule has 2 aliphatic rings. The van der Waals surface area contributed by atoms with Crippen LogP contribution in [0, 0.1) is 3.57 Å². The van der Waals surface area contributed by atoms with Crippen LogP contribution in [0.2, 0.25) is 0 Å². The van der Waals surface area contributed by atoms with Crippen molar-refractivity contribution in [2.75, 3.05) is 33.1 Å². The lowest BCUT2D eigenvalue weighted by Crippen LogP contribution is -2.52. The minimum atomic E-state index is -5.08. The summed E-state index contributed by atoms with van der Waals surface area (Å²) in [7, 11) is 5.55. The van der Waals surface area contributed by atoms with E-state index in [2.05, 4.69) is 57.3 Å². The number of carbonyl (C=O) groups is 2. The number of carboxylic acid groups (broad SMARTS) is 1. The number of methoxy groups -OCH3 is 2. The van der Waals surface area contributed by atoms with Gasteiger partial charge in [-0.05, 0) is 97.8 Å². The number of likely N-dealkylation sites (N-methyl/N-ethyl adjacent to an activating group) is 1. The van der Waals surface area contributed by atoms with E-state index in [9.17, 15) is 18.0 Å². The second kappa shape index (κ2) is 12.4. The minimum absolute atomic E-state index is 0.0818. The van der Waals surface area contributed by atoms with Crippen LogP contribution >= 0.6 is 22.6 Å². The lowest BCUT2D eigenvalue weighted by Gasteiger charge is -2.45. The first-order chi connectivity index (χ1) is 17.9. The number of amides is 2. The lowest BCUT2D eigenvalue weighted by molar-refractivity contribution is -0.192. The highest BCUT2D eigenvalue weighted by Crippen LogP contribution is 2.49. The number of hydrogen-bond donors (Lipinski definition) is 3. The van der Waals surface area contributed by atoms with Gasteiger partial charge in [0.25, 0.3) is 0 Å². The number of alkyl halides is 3. The molecule has 3 unspecified atom stereocenters. The van der Waals surface area contributed by atoms with Gasteiger partial charge < -0.3 is 30.1 Å². The number of urea groups is 1. The fourth-order valence-corrected chi connectivity index (χ4v) is 5.86. The summed E-state index contributed by atoms with van der Waals surface area (Å²) in [5, 5.41) is 13.3. The Morgan fingerprint density at radius 3 is 2.39 bits per heavy atom. The number of aliphatic carboxylic acids is 1. The average Bonchev–Trinajstić information content (AvgIpc) is 3.20. The van der Waals surface area contributed by atoms with Gasteiger partial charge in [0.2, 0.25) is 0 Å². The van der Waals surface area contributed by atoms with Gasteiger partial charge in [-0.15, -0.1) is 0 Å². The Bertz CT molecular complexity index is 1150. The number of ether oxygens (including phenoxy) is 2. The largest absolute Gasteiger partial charge is 0.493 e. The molecule has 38 heavy (non-hydrogen) atoms. The molecule has 2 fully saturated rings. The third-order valence-electron chi connectivity index (χ3n) is 7.15. The predicted molar refractivity (Wildman–Crippen MR) is 145 cm³/mol. The smallest absolute Gasteiger partial charge is 0.490 e. The molecule has 4 rings (SSSR count). The highest BCUT2D eigenvalue weighted by Gasteiger charge is 2.50. The summed E-state index contributed by atoms with van der Waals surface area (Å²) in [6.45, 7) is 1.06. The van der Waals surface area contributed by atoms with Gasteiger partial charge in [0.1, 0.15) is 0 Å². The van der Waals surface area contributed by atoms with E-state index in [1.807, 2.05) is 30.3 Å². The van der Waals surface area contributed by atoms with Crippen LogP contribution in [-0.4, -0.2) is 68.1 Å². The summed E-state index contributed by atoms with van der Waals surface area (Å²) in [6, 6.07) is 14.6. The van der Waals surface area contributed by atoms with E-state index in [1.54, 1.807) is 14.2 Å². The summed E-state index contributed by atoms with van der Waals surface area (Å²) < 4.78 is 43.8. The van der Waals surface area contributed by atoms with Gasteiger partial charge in [-0.3, -0.25) is 0 Å². The van der Waals surface area contributed by atoms with E-state index in [-0.39, 0.29) is 17.5 Å². The molecule has 0 bridgehead atoms. The monoisotopic (exact) mass is 649 g/mol. The zero-order valence-corrected chi connectivity index (χ0v) is 23.4. The quantitative estimate of drug-likeness (QED) is 0.383. The third-order valence-corrected chi connectivity index (χ3v) is 7.82. The number of anilines is 1. The highest BCUT2D eigenvalue weighted by molar-refractivity contribution is 14.1. The van der Waals surface area contributed by atoms with Gasteiger partial charge in [-0.2, -0.15) is 13.2 Å². The number of fused-ring (bicyclic) bond motifs is 1. The third kappa shape index (κ3) is 7.01. The van der Waals surface area contributed by atoms with Crippen molar-refractivity contribution in [1.29, 1.82) is 0 Å². The first kappa shape index (κ1) is 29.8. The molecule has 1 aliphatic heterocycles. The Balaban J connectivity index is 0.000000505. The molecule has 3 N–H and O–H groups in total. The van der Waals surface area contributed by atoms with Crippen LogP contribution in [0.25, 0.3) is 0 Å². The molecule has 0 spiro atoms. The molecule has 1 heterocycles. The number of carbonyl (C=O) groups excluding carboxylic acids is 1. The van der Waals surface area contributed by atoms with Crippen molar-refractivity contribution in [2.45, 2.75) is 49.4 Å². The van der Waals surface area contributed by atoms with Crippen LogP contribution in [0.3, 0.4) is 0 Å². The maximum atomic E-state index is 12.6. The molecule has 2 aromatic carbocycles. The maximum Gasteiger partial charge on any atom is 0.490 e. The number of hydrogen-bond acceptors (Lipinski definition) is 5. The molecule has 0 radical (unpaired) electrons. The molecule has 0 aromatic heterocycles. The van der Waals surface area contributed by atoms with Crippen molar-refractivity contribution >= 4 is 40.3 Å². The van der Waals surface area contributed by atoms with E-state index in [4.69, 9.17) is 19.4 Å². The second-order valence-electron chi connectivity index (χ2n) is 9.36. The fourth-order valence-electron chi connectivity index (χ4n) is 5.31. The second-order valence-corrected chi connectivity index (χ2v) is 10.6. The number of likely N-dealkylation sites (tertiary alicyclic amines) is 1. The van der Waals surface area contributed by atoms with Crippen LogP contribution in [0.1, 0.15) is 31.2 Å². The van der Waals surface area contributed by atoms with Crippen LogP contribution < -0.4 is 20.1 Å². The first-order valence-electron chi connectivity index (χ1n) is 12.0. The Hall–Kier alpha value is -2.74. The van der Waals surface area contributed by atoms with Gasteiger partial charge in [-0.1, -0.05) is 12.1 Å². The molecule has 3 atom stereocenters. The summed E-state index contributed by atoms with van der Waals surface area (Å²) in [5.41, 5.74) is 2.21. The van der Waals surface area contributed by atoms with Crippen molar-refractivity contribution in [2.24, 2.45) is 0 Å². The molecule has 2 amide bonds. The van der Waals surface area contributed by atoms with Crippen LogP contribution in [0.15, 0.2) is 42.5 Å². The number of nitrogens with one attached hydrogen (secondary N) is 2. The number of rotatable bonds is 5. The highest BCUT2D eigenvalue weighted by atomic mass is 127. The molecule has 2 aromatic rings. The molecule has 208 valence electrons. The fraction of sp³-hybridized carbons (Fsp3) is 0.462. The van der Waals surface area contributed by atoms with E-state index in [0.717, 1.165) is 53.0 Å². The predicted octanol–water partition coefficient (Wildman–Crippen LogP) is 5.26. The Labute approximate surface area is 233 Å². The molecule has 1 saturated carbocycles. The average molecular weight is 649 g/mol. The van der Waals surface area contributed by atoms with Crippen molar-refractivity contribution in [3.8, 4) is 11.5 Å². The van der Waals surface area contributed by atoms with Gasteiger partial charge in [-0.25, -0.2) is 9.59 Å². The summed E-state index contributed by atoms with van der Waals surface area (Å²) in [6.07, 6.45) is -1.04. The topological polar surface area (TPSA) is 100 Å². The summed E-state index contributed by atoms with van der Waals surface area (Å²) in [4.78, 5) is 23.9. The van der Waals surface area contributed by atoms with Gasteiger partial charge in [0.15, 0.2) is 11.5 Å². The van der Waals surface area contributed by atoms with E-state index in [0.29, 0.717) is 6.04 Å². The number of carboxylic acids is 1. The zero-order valence-electron chi connectivity index (χ0n) is 21.3. The van der Waals surface area contributed by atoms with Crippen molar-refractivity contribution < 1.29 is 37.3 Å². The zero-order chi connectivity index (χ0) is 28.1. The Kier molecular flexibility index (Phi) is 9.74. The van der Waals surface area contributed by atoms with E-state index >= 15 is 0 Å². The number of benzene rings is 2. The molecule has 1 aliphatic carbocycles. The number of halogens is 4. The normalized spacial score (nSPS) is 22.9. The van der Waals surface area contributed by atoms with Crippen LogP contribution in [0.5, 0.6) is 11.5 Å². The van der Waals surface area contributed by atoms with Crippen molar-refractivity contribution in [3.63, 3.8) is 0 Å². The van der Waals surface area contributed by atoms with E-state index in [1.165, 1.54) is 5.56 Å². The first-order valence-corrected chi connectivity index (χ1v) is 13.0. The summed E-state index contributed by atoms with van der Waals surface area (Å²) in [5.74, 6) is -1.22. The van der Waals surface area contributed by atoms with Gasteiger partial charge >= 0.3 is 18.2 Å². The Morgan fingerprint density at radius 1 is 1.11 bits per heavy atom. The lowest BCUT2D eigenvalue weighted by atomic mass is 9.65. The molecule has 12 heteroatoms. The summed E-state index contributed by atoms with van der Waals surface area (Å²) >= 11 is 2.25. The minimum Gasteiger partial charge on any atom is -0.493 e. The van der Waals surface area contributed by atoms with Crippen molar-refractivity contribution in [1.82, 2.24) is 10.2 Å². The van der Waals surface area contributed by atoms with Crippen LogP contribution in [-0.2, 0) is 10.2 Å². The molecule has 8 nitrogen and oxygen atoms in total.